The number of aryl methyl sites for hydroxylation is 2. The number of halogens is 1. The lowest BCUT2D eigenvalue weighted by molar-refractivity contribution is 0.686. The summed E-state index contributed by atoms with van der Waals surface area (Å²) >= 11 is 3.48. The molecule has 0 radical (unpaired) electrons. The van der Waals surface area contributed by atoms with E-state index in [1.807, 2.05) is 18.5 Å². The van der Waals surface area contributed by atoms with Crippen molar-refractivity contribution in [2.24, 2.45) is 0 Å². The molecule has 90 valence electrons. The molecule has 0 saturated carbocycles. The van der Waals surface area contributed by atoms with Gasteiger partial charge in [0.2, 0.25) is 5.95 Å². The standard InChI is InChI=1S/C13H16BrN3/c1-3-7-17-8-6-15-13(17)16-12-9-11(14)5-4-10(12)2/h4-6,8-9H,3,7H2,1-2H3,(H,15,16). The summed E-state index contributed by atoms with van der Waals surface area (Å²) in [5.74, 6) is 0.896. The molecule has 0 aliphatic carbocycles. The summed E-state index contributed by atoms with van der Waals surface area (Å²) in [7, 11) is 0. The highest BCUT2D eigenvalue weighted by Crippen LogP contribution is 2.23. The molecule has 0 atom stereocenters. The fraction of sp³-hybridized carbons (Fsp3) is 0.308. The van der Waals surface area contributed by atoms with Gasteiger partial charge in [-0.3, -0.25) is 0 Å². The van der Waals surface area contributed by atoms with E-state index in [-0.39, 0.29) is 0 Å². The molecule has 0 saturated heterocycles. The third kappa shape index (κ3) is 2.88. The molecule has 0 unspecified atom stereocenters. The summed E-state index contributed by atoms with van der Waals surface area (Å²) in [5, 5.41) is 3.37. The molecule has 0 aliphatic rings. The zero-order chi connectivity index (χ0) is 12.3. The number of anilines is 2. The Morgan fingerprint density at radius 1 is 1.41 bits per heavy atom. The van der Waals surface area contributed by atoms with Crippen LogP contribution in [0.2, 0.25) is 0 Å². The normalized spacial score (nSPS) is 10.5. The molecule has 17 heavy (non-hydrogen) atoms. The summed E-state index contributed by atoms with van der Waals surface area (Å²) in [4.78, 5) is 4.34. The molecule has 2 aromatic rings. The number of hydrogen-bond acceptors (Lipinski definition) is 2. The Kier molecular flexibility index (Phi) is 3.84. The fourth-order valence-electron chi connectivity index (χ4n) is 1.70. The van der Waals surface area contributed by atoms with E-state index >= 15 is 0 Å². The number of benzene rings is 1. The first kappa shape index (κ1) is 12.2. The Morgan fingerprint density at radius 3 is 3.00 bits per heavy atom. The maximum absolute atomic E-state index is 4.34. The van der Waals surface area contributed by atoms with Crippen molar-refractivity contribution in [2.75, 3.05) is 5.32 Å². The van der Waals surface area contributed by atoms with E-state index in [0.29, 0.717) is 0 Å². The van der Waals surface area contributed by atoms with Crippen LogP contribution >= 0.6 is 15.9 Å². The third-order valence-electron chi connectivity index (χ3n) is 2.63. The van der Waals surface area contributed by atoms with Crippen LogP contribution in [0.3, 0.4) is 0 Å². The van der Waals surface area contributed by atoms with Gasteiger partial charge in [-0.1, -0.05) is 28.9 Å². The average Bonchev–Trinajstić information content (AvgIpc) is 2.72. The van der Waals surface area contributed by atoms with Crippen LogP contribution < -0.4 is 5.32 Å². The maximum Gasteiger partial charge on any atom is 0.207 e. The van der Waals surface area contributed by atoms with Crippen LogP contribution in [0.5, 0.6) is 0 Å². The summed E-state index contributed by atoms with van der Waals surface area (Å²) in [6.07, 6.45) is 4.92. The van der Waals surface area contributed by atoms with E-state index in [4.69, 9.17) is 0 Å². The van der Waals surface area contributed by atoms with Crippen LogP contribution in [0, 0.1) is 6.92 Å². The van der Waals surface area contributed by atoms with Gasteiger partial charge in [0.05, 0.1) is 0 Å². The number of aromatic nitrogens is 2. The quantitative estimate of drug-likeness (QED) is 0.919. The Morgan fingerprint density at radius 2 is 2.24 bits per heavy atom. The molecule has 1 aromatic heterocycles. The second-order valence-electron chi connectivity index (χ2n) is 4.03. The molecular formula is C13H16BrN3. The first-order valence-corrected chi connectivity index (χ1v) is 6.54. The zero-order valence-electron chi connectivity index (χ0n) is 10.1. The number of nitrogens with one attached hydrogen (secondary N) is 1. The second kappa shape index (κ2) is 5.36. The molecule has 4 heteroatoms. The summed E-state index contributed by atoms with van der Waals surface area (Å²) < 4.78 is 3.19. The van der Waals surface area contributed by atoms with Crippen molar-refractivity contribution in [3.63, 3.8) is 0 Å². The molecule has 1 aromatic carbocycles. The van der Waals surface area contributed by atoms with Crippen molar-refractivity contribution in [1.82, 2.24) is 9.55 Å². The molecule has 0 bridgehead atoms. The topological polar surface area (TPSA) is 29.9 Å². The Bertz CT molecular complexity index is 505. The number of nitrogens with zero attached hydrogens (tertiary/aromatic N) is 2. The first-order chi connectivity index (χ1) is 8.20. The highest BCUT2D eigenvalue weighted by Gasteiger charge is 2.04. The van der Waals surface area contributed by atoms with Crippen molar-refractivity contribution >= 4 is 27.6 Å². The zero-order valence-corrected chi connectivity index (χ0v) is 11.7. The molecule has 0 aliphatic heterocycles. The van der Waals surface area contributed by atoms with Gasteiger partial charge in [0.1, 0.15) is 0 Å². The minimum absolute atomic E-state index is 0.896. The molecule has 0 amide bonds. The molecular weight excluding hydrogens is 278 g/mol. The number of imidazole rings is 1. The van der Waals surface area contributed by atoms with E-state index in [9.17, 15) is 0 Å². The van der Waals surface area contributed by atoms with Gasteiger partial charge >= 0.3 is 0 Å². The summed E-state index contributed by atoms with van der Waals surface area (Å²) in [6.45, 7) is 5.23. The van der Waals surface area contributed by atoms with Crippen LogP contribution in [0.15, 0.2) is 35.1 Å². The van der Waals surface area contributed by atoms with Crippen molar-refractivity contribution in [1.29, 1.82) is 0 Å². The minimum atomic E-state index is 0.896. The SMILES string of the molecule is CCCn1ccnc1Nc1cc(Br)ccc1C. The van der Waals surface area contributed by atoms with Crippen LogP contribution in [-0.2, 0) is 6.54 Å². The van der Waals surface area contributed by atoms with Crippen LogP contribution in [0.1, 0.15) is 18.9 Å². The van der Waals surface area contributed by atoms with Crippen molar-refractivity contribution < 1.29 is 0 Å². The first-order valence-electron chi connectivity index (χ1n) is 5.75. The molecule has 0 fully saturated rings. The van der Waals surface area contributed by atoms with Gasteiger partial charge in [-0.2, -0.15) is 0 Å². The predicted octanol–water partition coefficient (Wildman–Crippen LogP) is 4.11. The van der Waals surface area contributed by atoms with Gasteiger partial charge < -0.3 is 9.88 Å². The Balaban J connectivity index is 2.25. The maximum atomic E-state index is 4.34. The second-order valence-corrected chi connectivity index (χ2v) is 4.94. The van der Waals surface area contributed by atoms with Crippen molar-refractivity contribution in [3.05, 3.63) is 40.6 Å². The molecule has 1 N–H and O–H groups in total. The molecule has 0 spiro atoms. The fourth-order valence-corrected chi connectivity index (χ4v) is 2.07. The van der Waals surface area contributed by atoms with Gasteiger partial charge in [0.15, 0.2) is 0 Å². The van der Waals surface area contributed by atoms with Gasteiger partial charge in [-0.15, -0.1) is 0 Å². The van der Waals surface area contributed by atoms with Crippen LogP contribution in [0.25, 0.3) is 0 Å². The Labute approximate surface area is 110 Å². The molecule has 3 nitrogen and oxygen atoms in total. The minimum Gasteiger partial charge on any atom is -0.325 e. The number of hydrogen-bond donors (Lipinski definition) is 1. The number of rotatable bonds is 4. The van der Waals surface area contributed by atoms with E-state index in [0.717, 1.165) is 29.1 Å². The lowest BCUT2D eigenvalue weighted by atomic mass is 10.2. The molecule has 1 heterocycles. The highest BCUT2D eigenvalue weighted by molar-refractivity contribution is 9.10. The van der Waals surface area contributed by atoms with E-state index in [1.165, 1.54) is 5.56 Å². The van der Waals surface area contributed by atoms with Crippen molar-refractivity contribution in [3.8, 4) is 0 Å². The third-order valence-corrected chi connectivity index (χ3v) is 3.12. The largest absolute Gasteiger partial charge is 0.325 e. The lowest BCUT2D eigenvalue weighted by Crippen LogP contribution is -2.03. The lowest BCUT2D eigenvalue weighted by Gasteiger charge is -2.11. The van der Waals surface area contributed by atoms with Crippen LogP contribution in [-0.4, -0.2) is 9.55 Å². The van der Waals surface area contributed by atoms with Crippen molar-refractivity contribution in [2.45, 2.75) is 26.8 Å². The van der Waals surface area contributed by atoms with Gasteiger partial charge in [0, 0.05) is 29.1 Å². The summed E-state index contributed by atoms with van der Waals surface area (Å²) in [6, 6.07) is 6.19. The van der Waals surface area contributed by atoms with Crippen LogP contribution in [0.4, 0.5) is 11.6 Å². The van der Waals surface area contributed by atoms with E-state index < -0.39 is 0 Å². The summed E-state index contributed by atoms with van der Waals surface area (Å²) in [5.41, 5.74) is 2.29. The monoisotopic (exact) mass is 293 g/mol. The van der Waals surface area contributed by atoms with Gasteiger partial charge in [-0.25, -0.2) is 4.98 Å². The average molecular weight is 294 g/mol. The van der Waals surface area contributed by atoms with Gasteiger partial charge in [0.25, 0.3) is 0 Å². The smallest absolute Gasteiger partial charge is 0.207 e. The van der Waals surface area contributed by atoms with E-state index in [2.05, 4.69) is 56.8 Å². The predicted molar refractivity (Wildman–Crippen MR) is 74.7 cm³/mol. The van der Waals surface area contributed by atoms with Gasteiger partial charge in [-0.05, 0) is 31.0 Å². The Hall–Kier alpha value is -1.29. The highest BCUT2D eigenvalue weighted by atomic mass is 79.9. The van der Waals surface area contributed by atoms with E-state index in [1.54, 1.807) is 0 Å². The molecule has 2 rings (SSSR count).